The fourth-order valence-electron chi connectivity index (χ4n) is 2.98. The zero-order chi connectivity index (χ0) is 17.5. The average molecular weight is 334 g/mol. The number of carbonyl (C=O) groups excluding carboxylic acids is 1. The third kappa shape index (κ3) is 5.19. The lowest BCUT2D eigenvalue weighted by atomic mass is 9.92. The van der Waals surface area contributed by atoms with Crippen LogP contribution >= 0.6 is 0 Å². The first-order valence-electron chi connectivity index (χ1n) is 8.47. The first-order chi connectivity index (χ1) is 11.5. The molecule has 1 aromatic rings. The second-order valence-corrected chi connectivity index (χ2v) is 6.43. The Labute approximate surface area is 142 Å². The van der Waals surface area contributed by atoms with Crippen molar-refractivity contribution < 1.29 is 9.72 Å². The second kappa shape index (κ2) is 8.63. The number of rotatable bonds is 7. The van der Waals surface area contributed by atoms with Gasteiger partial charge in [-0.1, -0.05) is 6.07 Å². The van der Waals surface area contributed by atoms with Crippen molar-refractivity contribution in [1.82, 2.24) is 10.6 Å². The summed E-state index contributed by atoms with van der Waals surface area (Å²) in [6.45, 7) is 5.96. The van der Waals surface area contributed by atoms with Crippen molar-refractivity contribution in [3.63, 3.8) is 0 Å². The lowest BCUT2D eigenvalue weighted by molar-refractivity contribution is -0.384. The largest absolute Gasteiger partial charge is 0.379 e. The molecule has 1 amide bonds. The zero-order valence-electron chi connectivity index (χ0n) is 14.3. The monoisotopic (exact) mass is 334 g/mol. The van der Waals surface area contributed by atoms with Crippen LogP contribution in [0.25, 0.3) is 0 Å². The van der Waals surface area contributed by atoms with Gasteiger partial charge in [-0.25, -0.2) is 0 Å². The van der Waals surface area contributed by atoms with Crippen molar-refractivity contribution in [1.29, 1.82) is 0 Å². The number of aryl methyl sites for hydroxylation is 1. The Bertz CT molecular complexity index is 591. The lowest BCUT2D eigenvalue weighted by Gasteiger charge is -2.27. The van der Waals surface area contributed by atoms with E-state index >= 15 is 0 Å². The molecule has 2 atom stereocenters. The Hall–Kier alpha value is -2.15. The van der Waals surface area contributed by atoms with Gasteiger partial charge in [-0.15, -0.1) is 0 Å². The van der Waals surface area contributed by atoms with Gasteiger partial charge in [0.1, 0.15) is 5.69 Å². The highest BCUT2D eigenvalue weighted by Crippen LogP contribution is 2.25. The van der Waals surface area contributed by atoms with E-state index in [1.807, 2.05) is 13.0 Å². The van der Waals surface area contributed by atoms with E-state index in [2.05, 4.69) is 22.9 Å². The van der Waals surface area contributed by atoms with Crippen LogP contribution in [0.3, 0.4) is 0 Å². The van der Waals surface area contributed by atoms with Crippen molar-refractivity contribution in [2.75, 3.05) is 25.0 Å². The van der Waals surface area contributed by atoms with Crippen LogP contribution in [0.4, 0.5) is 11.4 Å². The number of nitrogens with one attached hydrogen (secondary N) is 3. The minimum absolute atomic E-state index is 0.0859. The fourth-order valence-corrected chi connectivity index (χ4v) is 2.98. The van der Waals surface area contributed by atoms with Crippen molar-refractivity contribution in [3.05, 3.63) is 33.9 Å². The van der Waals surface area contributed by atoms with Crippen molar-refractivity contribution in [2.45, 2.75) is 39.2 Å². The van der Waals surface area contributed by atoms with Gasteiger partial charge >= 0.3 is 0 Å². The maximum atomic E-state index is 12.1. The minimum atomic E-state index is -0.380. The Morgan fingerprint density at radius 2 is 2.21 bits per heavy atom. The molecule has 1 aliphatic rings. The number of piperidine rings is 1. The molecule has 2 rings (SSSR count). The van der Waals surface area contributed by atoms with E-state index in [0.717, 1.165) is 31.4 Å². The van der Waals surface area contributed by atoms with Crippen LogP contribution < -0.4 is 16.0 Å². The Morgan fingerprint density at radius 1 is 1.42 bits per heavy atom. The van der Waals surface area contributed by atoms with Crippen LogP contribution in [0.2, 0.25) is 0 Å². The van der Waals surface area contributed by atoms with Gasteiger partial charge in [0.05, 0.1) is 4.92 Å². The standard InChI is InChI=1S/C17H26N4O3/c1-12-4-5-15(16(10-12)21(23)24)19-7-3-8-20-17(22)14-6-9-18-13(2)11-14/h4-5,10,13-14,18-19H,3,6-9,11H2,1-2H3,(H,20,22)/t13-,14-/m0/s1. The summed E-state index contributed by atoms with van der Waals surface area (Å²) in [5.41, 5.74) is 1.46. The Balaban J connectivity index is 1.72. The summed E-state index contributed by atoms with van der Waals surface area (Å²) in [5, 5.41) is 20.4. The lowest BCUT2D eigenvalue weighted by Crippen LogP contribution is -2.42. The second-order valence-electron chi connectivity index (χ2n) is 6.43. The normalized spacial score (nSPS) is 20.4. The number of hydrogen-bond acceptors (Lipinski definition) is 5. The molecule has 132 valence electrons. The third-order valence-electron chi connectivity index (χ3n) is 4.31. The summed E-state index contributed by atoms with van der Waals surface area (Å²) in [5.74, 6) is 0.206. The number of amides is 1. The van der Waals surface area contributed by atoms with Gasteiger partial charge in [0.15, 0.2) is 0 Å². The third-order valence-corrected chi connectivity index (χ3v) is 4.31. The highest BCUT2D eigenvalue weighted by molar-refractivity contribution is 5.78. The van der Waals surface area contributed by atoms with Crippen LogP contribution in [-0.2, 0) is 4.79 Å². The Kier molecular flexibility index (Phi) is 6.54. The zero-order valence-corrected chi connectivity index (χ0v) is 14.3. The van der Waals surface area contributed by atoms with Crippen LogP contribution in [0, 0.1) is 23.0 Å². The molecule has 0 aromatic heterocycles. The first-order valence-corrected chi connectivity index (χ1v) is 8.47. The molecule has 1 aromatic carbocycles. The molecule has 0 saturated carbocycles. The number of nitro groups is 1. The predicted molar refractivity (Wildman–Crippen MR) is 94.1 cm³/mol. The quantitative estimate of drug-likeness (QED) is 0.403. The van der Waals surface area contributed by atoms with Gasteiger partial charge in [-0.2, -0.15) is 0 Å². The summed E-state index contributed by atoms with van der Waals surface area (Å²) in [6, 6.07) is 5.51. The van der Waals surface area contributed by atoms with Gasteiger partial charge in [0.25, 0.3) is 5.69 Å². The molecule has 7 heteroatoms. The molecular formula is C17H26N4O3. The van der Waals surface area contributed by atoms with Gasteiger partial charge in [-0.3, -0.25) is 14.9 Å². The summed E-state index contributed by atoms with van der Waals surface area (Å²) in [7, 11) is 0. The Morgan fingerprint density at radius 3 is 2.92 bits per heavy atom. The highest BCUT2D eigenvalue weighted by Gasteiger charge is 2.24. The van der Waals surface area contributed by atoms with Crippen LogP contribution in [0.15, 0.2) is 18.2 Å². The number of nitrogens with zero attached hydrogens (tertiary/aromatic N) is 1. The molecular weight excluding hydrogens is 308 g/mol. The smallest absolute Gasteiger partial charge is 0.292 e. The van der Waals surface area contributed by atoms with Crippen LogP contribution in [0.1, 0.15) is 31.7 Å². The van der Waals surface area contributed by atoms with E-state index in [1.54, 1.807) is 12.1 Å². The summed E-state index contributed by atoms with van der Waals surface area (Å²) in [6.07, 6.45) is 2.47. The number of carbonyl (C=O) groups is 1. The molecule has 7 nitrogen and oxygen atoms in total. The molecule has 1 heterocycles. The van der Waals surface area contributed by atoms with Crippen molar-refractivity contribution in [2.24, 2.45) is 5.92 Å². The summed E-state index contributed by atoms with van der Waals surface area (Å²) >= 11 is 0. The first kappa shape index (κ1) is 18.2. The van der Waals surface area contributed by atoms with Crippen LogP contribution in [0.5, 0.6) is 0 Å². The predicted octanol–water partition coefficient (Wildman–Crippen LogP) is 2.21. The summed E-state index contributed by atoms with van der Waals surface area (Å²) < 4.78 is 0. The fraction of sp³-hybridized carbons (Fsp3) is 0.588. The average Bonchev–Trinajstić information content (AvgIpc) is 2.55. The minimum Gasteiger partial charge on any atom is -0.379 e. The molecule has 0 spiro atoms. The van der Waals surface area contributed by atoms with E-state index in [1.165, 1.54) is 0 Å². The van der Waals surface area contributed by atoms with E-state index in [-0.39, 0.29) is 22.4 Å². The molecule has 0 aliphatic carbocycles. The van der Waals surface area contributed by atoms with Gasteiger partial charge < -0.3 is 16.0 Å². The molecule has 1 fully saturated rings. The van der Waals surface area contributed by atoms with Crippen LogP contribution in [-0.4, -0.2) is 36.5 Å². The topological polar surface area (TPSA) is 96.3 Å². The van der Waals surface area contributed by atoms with Gasteiger partial charge in [0.2, 0.25) is 5.91 Å². The number of benzene rings is 1. The van der Waals surface area contributed by atoms with Crippen molar-refractivity contribution in [3.8, 4) is 0 Å². The van der Waals surface area contributed by atoms with Crippen molar-refractivity contribution >= 4 is 17.3 Å². The maximum absolute atomic E-state index is 12.1. The SMILES string of the molecule is Cc1ccc(NCCCNC(=O)[C@H]2CCN[C@@H](C)C2)c([N+](=O)[O-])c1. The van der Waals surface area contributed by atoms with E-state index < -0.39 is 0 Å². The molecule has 0 bridgehead atoms. The highest BCUT2D eigenvalue weighted by atomic mass is 16.6. The molecule has 0 radical (unpaired) electrons. The molecule has 3 N–H and O–H groups in total. The number of nitro benzene ring substituents is 1. The van der Waals surface area contributed by atoms with E-state index in [0.29, 0.717) is 24.8 Å². The van der Waals surface area contributed by atoms with Gasteiger partial charge in [0, 0.05) is 31.1 Å². The number of hydrogen-bond donors (Lipinski definition) is 3. The summed E-state index contributed by atoms with van der Waals surface area (Å²) in [4.78, 5) is 22.8. The molecule has 1 aliphatic heterocycles. The van der Waals surface area contributed by atoms with E-state index in [4.69, 9.17) is 0 Å². The molecule has 0 unspecified atom stereocenters. The number of anilines is 1. The molecule has 1 saturated heterocycles. The molecule has 24 heavy (non-hydrogen) atoms. The van der Waals surface area contributed by atoms with E-state index in [9.17, 15) is 14.9 Å². The van der Waals surface area contributed by atoms with Gasteiger partial charge in [-0.05, 0) is 51.3 Å². The maximum Gasteiger partial charge on any atom is 0.292 e.